The molecule has 0 aromatic carbocycles. The van der Waals surface area contributed by atoms with E-state index in [0.29, 0.717) is 37.6 Å². The number of hydroxylamine groups is 2. The molecule has 0 aromatic heterocycles. The van der Waals surface area contributed by atoms with E-state index in [1.807, 2.05) is 0 Å². The normalized spacial score (nSPS) is 18.6. The number of rotatable bonds is 7. The standard InChI is InChI=1S/C13H22N2O5S/c1-3-4-9-20-13-5-7-14(8-6-13)21(18,19)10-12(2)15(17)11-16/h11-13,17H,5-10H2,1-2H3. The van der Waals surface area contributed by atoms with Gasteiger partial charge >= 0.3 is 0 Å². The van der Waals surface area contributed by atoms with Crippen molar-refractivity contribution >= 4 is 16.4 Å². The molecule has 1 N–H and O–H groups in total. The summed E-state index contributed by atoms with van der Waals surface area (Å²) in [5.74, 6) is 5.25. The van der Waals surface area contributed by atoms with Gasteiger partial charge in [-0.3, -0.25) is 10.0 Å². The van der Waals surface area contributed by atoms with Crippen molar-refractivity contribution in [3.8, 4) is 11.8 Å². The first-order valence-electron chi connectivity index (χ1n) is 6.82. The molecule has 1 heterocycles. The predicted octanol–water partition coefficient (Wildman–Crippen LogP) is 0.0566. The van der Waals surface area contributed by atoms with Gasteiger partial charge in [-0.2, -0.15) is 0 Å². The molecule has 0 bridgehead atoms. The summed E-state index contributed by atoms with van der Waals surface area (Å²) in [6.45, 7) is 4.34. The molecule has 1 rings (SSSR count). The quantitative estimate of drug-likeness (QED) is 0.310. The van der Waals surface area contributed by atoms with E-state index in [4.69, 9.17) is 4.74 Å². The van der Waals surface area contributed by atoms with Crippen molar-refractivity contribution in [1.29, 1.82) is 0 Å². The fourth-order valence-corrected chi connectivity index (χ4v) is 3.84. The maximum absolute atomic E-state index is 12.2. The molecule has 7 nitrogen and oxygen atoms in total. The minimum Gasteiger partial charge on any atom is -0.365 e. The lowest BCUT2D eigenvalue weighted by Crippen LogP contribution is -2.45. The van der Waals surface area contributed by atoms with Crippen molar-refractivity contribution in [2.75, 3.05) is 25.4 Å². The molecule has 1 atom stereocenters. The number of sulfonamides is 1. The van der Waals surface area contributed by atoms with Gasteiger partial charge in [0.25, 0.3) is 0 Å². The fraction of sp³-hybridized carbons (Fsp3) is 0.769. The van der Waals surface area contributed by atoms with E-state index >= 15 is 0 Å². The lowest BCUT2D eigenvalue weighted by molar-refractivity contribution is -0.156. The van der Waals surface area contributed by atoms with Crippen LogP contribution in [0.2, 0.25) is 0 Å². The van der Waals surface area contributed by atoms with E-state index in [9.17, 15) is 18.4 Å². The highest BCUT2D eigenvalue weighted by atomic mass is 32.2. The Morgan fingerprint density at radius 2 is 2.10 bits per heavy atom. The second kappa shape index (κ2) is 8.34. The third-order valence-corrected chi connectivity index (χ3v) is 5.43. The van der Waals surface area contributed by atoms with Crippen LogP contribution in [0, 0.1) is 11.8 Å². The summed E-state index contributed by atoms with van der Waals surface area (Å²) in [5, 5.41) is 9.57. The number of hydrogen-bond donors (Lipinski definition) is 1. The van der Waals surface area contributed by atoms with E-state index in [0.717, 1.165) is 0 Å². The number of hydrogen-bond acceptors (Lipinski definition) is 5. The molecule has 0 aliphatic carbocycles. The number of ether oxygens (including phenoxy) is 1. The Morgan fingerprint density at radius 1 is 1.48 bits per heavy atom. The molecule has 1 unspecified atom stereocenters. The Bertz CT molecular complexity index is 488. The van der Waals surface area contributed by atoms with Gasteiger partial charge < -0.3 is 4.74 Å². The number of amides is 1. The summed E-state index contributed by atoms with van der Waals surface area (Å²) in [4.78, 5) is 10.4. The molecular formula is C13H22N2O5S. The Morgan fingerprint density at radius 3 is 2.62 bits per heavy atom. The molecule has 0 saturated carbocycles. The Hall–Kier alpha value is -1.14. The summed E-state index contributed by atoms with van der Waals surface area (Å²) in [6, 6.07) is -0.777. The molecule has 8 heteroatoms. The molecule has 21 heavy (non-hydrogen) atoms. The van der Waals surface area contributed by atoms with E-state index < -0.39 is 16.1 Å². The van der Waals surface area contributed by atoms with Gasteiger partial charge in [0.1, 0.15) is 6.61 Å². The van der Waals surface area contributed by atoms with Crippen molar-refractivity contribution in [3.63, 3.8) is 0 Å². The van der Waals surface area contributed by atoms with Crippen molar-refractivity contribution in [1.82, 2.24) is 9.37 Å². The van der Waals surface area contributed by atoms with Gasteiger partial charge in [0.2, 0.25) is 16.4 Å². The first kappa shape index (κ1) is 17.9. The summed E-state index contributed by atoms with van der Waals surface area (Å²) in [7, 11) is -3.50. The average molecular weight is 318 g/mol. The van der Waals surface area contributed by atoms with E-state index in [1.54, 1.807) is 6.92 Å². The van der Waals surface area contributed by atoms with Crippen LogP contribution in [0.1, 0.15) is 26.7 Å². The highest BCUT2D eigenvalue weighted by molar-refractivity contribution is 7.89. The first-order valence-corrected chi connectivity index (χ1v) is 8.43. The topological polar surface area (TPSA) is 87.2 Å². The van der Waals surface area contributed by atoms with Gasteiger partial charge in [-0.1, -0.05) is 5.92 Å². The van der Waals surface area contributed by atoms with Gasteiger partial charge in [-0.05, 0) is 26.7 Å². The van der Waals surface area contributed by atoms with Crippen LogP contribution in [0.25, 0.3) is 0 Å². The van der Waals surface area contributed by atoms with Crippen LogP contribution < -0.4 is 0 Å². The number of carbonyl (C=O) groups is 1. The largest absolute Gasteiger partial charge is 0.365 e. The van der Waals surface area contributed by atoms with Crippen molar-refractivity contribution in [2.45, 2.75) is 38.8 Å². The number of piperidine rings is 1. The van der Waals surface area contributed by atoms with Crippen LogP contribution in [0.3, 0.4) is 0 Å². The van der Waals surface area contributed by atoms with Gasteiger partial charge in [0, 0.05) is 13.1 Å². The van der Waals surface area contributed by atoms with Gasteiger partial charge in [-0.25, -0.2) is 17.8 Å². The van der Waals surface area contributed by atoms with Crippen molar-refractivity contribution < 1.29 is 23.2 Å². The molecule has 1 aliphatic rings. The smallest absolute Gasteiger partial charge is 0.233 e. The lowest BCUT2D eigenvalue weighted by Gasteiger charge is -2.32. The number of carbonyl (C=O) groups excluding carboxylic acids is 1. The second-order valence-electron chi connectivity index (χ2n) is 4.95. The van der Waals surface area contributed by atoms with Crippen LogP contribution in [0.4, 0.5) is 0 Å². The van der Waals surface area contributed by atoms with Crippen LogP contribution in [0.15, 0.2) is 0 Å². The highest BCUT2D eigenvalue weighted by Gasteiger charge is 2.30. The minimum atomic E-state index is -3.50. The molecule has 0 radical (unpaired) electrons. The molecular weight excluding hydrogens is 296 g/mol. The van der Waals surface area contributed by atoms with Crippen LogP contribution in [-0.4, -0.2) is 67.0 Å². The second-order valence-corrected chi connectivity index (χ2v) is 6.96. The fourth-order valence-electron chi connectivity index (χ4n) is 2.10. The summed E-state index contributed by atoms with van der Waals surface area (Å²) >= 11 is 0. The average Bonchev–Trinajstić information content (AvgIpc) is 2.46. The van der Waals surface area contributed by atoms with Gasteiger partial charge in [0.15, 0.2) is 0 Å². The zero-order chi connectivity index (χ0) is 15.9. The van der Waals surface area contributed by atoms with E-state index in [2.05, 4.69) is 11.8 Å². The van der Waals surface area contributed by atoms with Crippen molar-refractivity contribution in [3.05, 3.63) is 0 Å². The van der Waals surface area contributed by atoms with Crippen LogP contribution >= 0.6 is 0 Å². The zero-order valence-electron chi connectivity index (χ0n) is 12.4. The van der Waals surface area contributed by atoms with Crippen LogP contribution in [0.5, 0.6) is 0 Å². The van der Waals surface area contributed by atoms with E-state index in [1.165, 1.54) is 11.2 Å². The lowest BCUT2D eigenvalue weighted by atomic mass is 10.1. The maximum atomic E-state index is 12.2. The monoisotopic (exact) mass is 318 g/mol. The number of nitrogens with zero attached hydrogens (tertiary/aromatic N) is 2. The Kier molecular flexibility index (Phi) is 7.11. The molecule has 1 fully saturated rings. The van der Waals surface area contributed by atoms with Gasteiger partial charge in [0.05, 0.1) is 17.9 Å². The molecule has 1 amide bonds. The van der Waals surface area contributed by atoms with Crippen molar-refractivity contribution in [2.24, 2.45) is 0 Å². The van der Waals surface area contributed by atoms with Crippen LogP contribution in [-0.2, 0) is 19.6 Å². The molecule has 120 valence electrons. The summed E-state index contributed by atoms with van der Waals surface area (Å²) in [5.41, 5.74) is 0. The first-order chi connectivity index (χ1) is 9.90. The SMILES string of the molecule is CC#CCOC1CCN(S(=O)(=O)CC(C)N(O)C=O)CC1. The Labute approximate surface area is 125 Å². The molecule has 1 aliphatic heterocycles. The molecule has 0 spiro atoms. The summed E-state index contributed by atoms with van der Waals surface area (Å²) < 4.78 is 31.3. The van der Waals surface area contributed by atoms with Gasteiger partial charge in [-0.15, -0.1) is 5.92 Å². The third-order valence-electron chi connectivity index (χ3n) is 3.37. The third kappa shape index (κ3) is 5.63. The Balaban J connectivity index is 2.48. The maximum Gasteiger partial charge on any atom is 0.233 e. The minimum absolute atomic E-state index is 0.0269. The summed E-state index contributed by atoms with van der Waals surface area (Å²) in [6.07, 6.45) is 1.47. The molecule has 1 saturated heterocycles. The predicted molar refractivity (Wildman–Crippen MR) is 76.9 cm³/mol. The van der Waals surface area contributed by atoms with E-state index in [-0.39, 0.29) is 18.3 Å². The zero-order valence-corrected chi connectivity index (χ0v) is 13.2. The molecule has 0 aromatic rings. The highest BCUT2D eigenvalue weighted by Crippen LogP contribution is 2.17.